The maximum Gasteiger partial charge on any atom is 0.255 e. The summed E-state index contributed by atoms with van der Waals surface area (Å²) in [6, 6.07) is 11.9. The van der Waals surface area contributed by atoms with Crippen LogP contribution in [0.15, 0.2) is 48.8 Å². The van der Waals surface area contributed by atoms with Gasteiger partial charge >= 0.3 is 0 Å². The summed E-state index contributed by atoms with van der Waals surface area (Å²) in [5.41, 5.74) is 3.01. The molecule has 0 bridgehead atoms. The Morgan fingerprint density at radius 1 is 1.11 bits per heavy atom. The molecule has 2 saturated heterocycles. The van der Waals surface area contributed by atoms with Crippen molar-refractivity contribution in [2.45, 2.75) is 32.7 Å². The van der Waals surface area contributed by atoms with Gasteiger partial charge in [-0.15, -0.1) is 0 Å². The number of rotatable bonds is 4. The van der Waals surface area contributed by atoms with Gasteiger partial charge in [0.05, 0.1) is 11.6 Å². The van der Waals surface area contributed by atoms with Crippen LogP contribution in [0.1, 0.15) is 47.3 Å². The van der Waals surface area contributed by atoms with Crippen LogP contribution in [-0.2, 0) is 4.79 Å². The van der Waals surface area contributed by atoms with Crippen LogP contribution in [0.25, 0.3) is 0 Å². The molecule has 2 aliphatic heterocycles. The summed E-state index contributed by atoms with van der Waals surface area (Å²) < 4.78 is 0. The summed E-state index contributed by atoms with van der Waals surface area (Å²) in [5, 5.41) is 0. The topological polar surface area (TPSA) is 53.5 Å². The van der Waals surface area contributed by atoms with Crippen molar-refractivity contribution in [2.75, 3.05) is 19.6 Å². The lowest BCUT2D eigenvalue weighted by Crippen LogP contribution is -2.37. The van der Waals surface area contributed by atoms with Crippen molar-refractivity contribution < 1.29 is 9.59 Å². The fraction of sp³-hybridized carbons (Fsp3) is 0.435. The predicted octanol–water partition coefficient (Wildman–Crippen LogP) is 3.46. The minimum Gasteiger partial charge on any atom is -0.342 e. The second-order valence-electron chi connectivity index (χ2n) is 7.97. The summed E-state index contributed by atoms with van der Waals surface area (Å²) >= 11 is 0. The molecule has 0 aliphatic carbocycles. The van der Waals surface area contributed by atoms with Gasteiger partial charge in [-0.2, -0.15) is 0 Å². The van der Waals surface area contributed by atoms with E-state index in [9.17, 15) is 9.59 Å². The zero-order chi connectivity index (χ0) is 19.7. The van der Waals surface area contributed by atoms with Gasteiger partial charge in [-0.25, -0.2) is 0 Å². The Morgan fingerprint density at radius 3 is 2.64 bits per heavy atom. The number of likely N-dealkylation sites (tertiary alicyclic amines) is 2. The van der Waals surface area contributed by atoms with Gasteiger partial charge in [-0.3, -0.25) is 14.6 Å². The summed E-state index contributed by atoms with van der Waals surface area (Å²) in [7, 11) is 0. The zero-order valence-electron chi connectivity index (χ0n) is 16.5. The molecule has 5 heteroatoms. The molecule has 146 valence electrons. The molecule has 3 atom stereocenters. The van der Waals surface area contributed by atoms with Crippen molar-refractivity contribution in [1.82, 2.24) is 14.8 Å². The van der Waals surface area contributed by atoms with Gasteiger partial charge in [0.2, 0.25) is 5.91 Å². The minimum absolute atomic E-state index is 0.00154. The molecule has 0 unspecified atom stereocenters. The average Bonchev–Trinajstić information content (AvgIpc) is 3.27. The Balaban J connectivity index is 1.66. The van der Waals surface area contributed by atoms with E-state index in [0.717, 1.165) is 19.5 Å². The first-order valence-electron chi connectivity index (χ1n) is 10.1. The van der Waals surface area contributed by atoms with Crippen LogP contribution in [-0.4, -0.2) is 46.2 Å². The Bertz CT molecular complexity index is 867. The second kappa shape index (κ2) is 7.74. The number of fused-ring (bicyclic) bond motifs is 1. The molecule has 2 amide bonds. The van der Waals surface area contributed by atoms with Gasteiger partial charge in [0.15, 0.2) is 0 Å². The van der Waals surface area contributed by atoms with Crippen molar-refractivity contribution in [3.05, 3.63) is 65.5 Å². The van der Waals surface area contributed by atoms with Gasteiger partial charge in [-0.05, 0) is 36.6 Å². The second-order valence-corrected chi connectivity index (χ2v) is 7.97. The fourth-order valence-corrected chi connectivity index (χ4v) is 4.80. The number of amides is 2. The number of nitrogens with zero attached hydrogens (tertiary/aromatic N) is 3. The standard InChI is InChI=1S/C23H27N3O2/c1-3-7-21(27)25-13-18-14-26(23(28)17-9-6-11-24-12-17)22(20(18)15-25)19-10-5-4-8-16(19)2/h4-6,8-12,18,20,22H,3,7,13-15H2,1-2H3/t18-,20-,22+/m0/s1. The lowest BCUT2D eigenvalue weighted by atomic mass is 9.87. The summed E-state index contributed by atoms with van der Waals surface area (Å²) in [6.45, 7) is 6.32. The highest BCUT2D eigenvalue weighted by atomic mass is 16.2. The first kappa shape index (κ1) is 18.7. The molecule has 3 heterocycles. The molecule has 0 spiro atoms. The minimum atomic E-state index is -0.00154. The SMILES string of the molecule is CCCC(=O)N1C[C@H]2CN(C(=O)c3cccnc3)[C@H](c3ccccc3C)[C@H]2C1. The maximum atomic E-state index is 13.3. The van der Waals surface area contributed by atoms with E-state index >= 15 is 0 Å². The lowest BCUT2D eigenvalue weighted by Gasteiger charge is -2.31. The maximum absolute atomic E-state index is 13.3. The molecule has 2 aliphatic rings. The molecule has 2 aromatic rings. The van der Waals surface area contributed by atoms with Crippen LogP contribution in [0.2, 0.25) is 0 Å². The smallest absolute Gasteiger partial charge is 0.255 e. The third-order valence-corrected chi connectivity index (χ3v) is 6.16. The van der Waals surface area contributed by atoms with Crippen molar-refractivity contribution in [1.29, 1.82) is 0 Å². The van der Waals surface area contributed by atoms with E-state index in [4.69, 9.17) is 0 Å². The number of hydrogen-bond acceptors (Lipinski definition) is 3. The quantitative estimate of drug-likeness (QED) is 0.820. The van der Waals surface area contributed by atoms with Crippen molar-refractivity contribution in [2.24, 2.45) is 11.8 Å². The van der Waals surface area contributed by atoms with Crippen molar-refractivity contribution in [3.8, 4) is 0 Å². The molecule has 1 aromatic heterocycles. The van der Waals surface area contributed by atoms with Crippen LogP contribution in [0.4, 0.5) is 0 Å². The summed E-state index contributed by atoms with van der Waals surface area (Å²) in [4.78, 5) is 33.9. The summed E-state index contributed by atoms with van der Waals surface area (Å²) in [6.07, 6.45) is 4.80. The van der Waals surface area contributed by atoms with Gasteiger partial charge < -0.3 is 9.80 Å². The molecule has 4 rings (SSSR count). The van der Waals surface area contributed by atoms with E-state index in [1.54, 1.807) is 18.5 Å². The molecule has 1 aromatic carbocycles. The van der Waals surface area contributed by atoms with Gasteiger partial charge in [0, 0.05) is 50.3 Å². The van der Waals surface area contributed by atoms with Gasteiger partial charge in [0.1, 0.15) is 0 Å². The number of aryl methyl sites for hydroxylation is 1. The van der Waals surface area contributed by atoms with Crippen molar-refractivity contribution in [3.63, 3.8) is 0 Å². The molecule has 0 N–H and O–H groups in total. The number of carbonyl (C=O) groups is 2. The molecule has 0 saturated carbocycles. The number of aromatic nitrogens is 1. The largest absolute Gasteiger partial charge is 0.342 e. The zero-order valence-corrected chi connectivity index (χ0v) is 16.5. The molecule has 0 radical (unpaired) electrons. The third-order valence-electron chi connectivity index (χ3n) is 6.16. The normalized spacial score (nSPS) is 23.7. The average molecular weight is 377 g/mol. The fourth-order valence-electron chi connectivity index (χ4n) is 4.80. The van der Waals surface area contributed by atoms with Crippen LogP contribution >= 0.6 is 0 Å². The highest BCUT2D eigenvalue weighted by molar-refractivity contribution is 5.94. The Hall–Kier alpha value is -2.69. The summed E-state index contributed by atoms with van der Waals surface area (Å²) in [5.74, 6) is 0.876. The monoisotopic (exact) mass is 377 g/mol. The van der Waals surface area contributed by atoms with E-state index in [-0.39, 0.29) is 23.8 Å². The first-order chi connectivity index (χ1) is 13.6. The highest BCUT2D eigenvalue weighted by Crippen LogP contribution is 2.46. The molecule has 2 fully saturated rings. The van der Waals surface area contributed by atoms with Crippen LogP contribution in [0.5, 0.6) is 0 Å². The lowest BCUT2D eigenvalue weighted by molar-refractivity contribution is -0.130. The van der Waals surface area contributed by atoms with Gasteiger partial charge in [0.25, 0.3) is 5.91 Å². The number of hydrogen-bond donors (Lipinski definition) is 0. The third kappa shape index (κ3) is 3.30. The van der Waals surface area contributed by atoms with E-state index in [1.165, 1.54) is 11.1 Å². The van der Waals surface area contributed by atoms with Crippen molar-refractivity contribution >= 4 is 11.8 Å². The number of pyridine rings is 1. The van der Waals surface area contributed by atoms with Crippen LogP contribution in [0, 0.1) is 18.8 Å². The Kier molecular flexibility index (Phi) is 5.16. The number of carbonyl (C=O) groups excluding carboxylic acids is 2. The molecule has 5 nitrogen and oxygen atoms in total. The molecular formula is C23H27N3O2. The van der Waals surface area contributed by atoms with E-state index in [2.05, 4.69) is 24.0 Å². The van der Waals surface area contributed by atoms with Gasteiger partial charge in [-0.1, -0.05) is 31.2 Å². The van der Waals surface area contributed by atoms with Crippen LogP contribution < -0.4 is 0 Å². The Morgan fingerprint density at radius 2 is 1.93 bits per heavy atom. The number of benzene rings is 1. The van der Waals surface area contributed by atoms with Crippen LogP contribution in [0.3, 0.4) is 0 Å². The predicted molar refractivity (Wildman–Crippen MR) is 108 cm³/mol. The molecular weight excluding hydrogens is 350 g/mol. The molecule has 28 heavy (non-hydrogen) atoms. The van der Waals surface area contributed by atoms with E-state index in [0.29, 0.717) is 24.4 Å². The highest BCUT2D eigenvalue weighted by Gasteiger charge is 2.50. The van der Waals surface area contributed by atoms with E-state index in [1.807, 2.05) is 34.9 Å². The van der Waals surface area contributed by atoms with E-state index < -0.39 is 0 Å². The first-order valence-corrected chi connectivity index (χ1v) is 10.1. The Labute approximate surface area is 166 Å².